The number of hydrogen-bond acceptors (Lipinski definition) is 5. The largest absolute Gasteiger partial charge is 0.504 e. The molecule has 0 radical (unpaired) electrons. The number of nitrogens with two attached hydrogens (primary N) is 1. The van der Waals surface area contributed by atoms with Crippen molar-refractivity contribution in [2.24, 2.45) is 0 Å². The van der Waals surface area contributed by atoms with Gasteiger partial charge in [-0.25, -0.2) is 15.0 Å². The van der Waals surface area contributed by atoms with Crippen LogP contribution in [-0.2, 0) is 4.74 Å². The fraction of sp³-hybridized carbons (Fsp3) is 0.133. The van der Waals surface area contributed by atoms with Gasteiger partial charge in [-0.1, -0.05) is 6.07 Å². The Labute approximate surface area is 121 Å². The lowest BCUT2D eigenvalue weighted by Crippen LogP contribution is -1.99. The van der Waals surface area contributed by atoms with Crippen LogP contribution in [0.15, 0.2) is 30.7 Å². The van der Waals surface area contributed by atoms with Crippen molar-refractivity contribution in [2.75, 3.05) is 12.8 Å². The molecule has 0 atom stereocenters. The molecule has 0 spiro atoms. The van der Waals surface area contributed by atoms with Crippen LogP contribution in [0.3, 0.4) is 0 Å². The second-order valence-corrected chi connectivity index (χ2v) is 4.67. The number of anilines is 1. The first-order chi connectivity index (χ1) is 10.2. The summed E-state index contributed by atoms with van der Waals surface area (Å²) in [6.45, 7) is 2.03. The molecule has 21 heavy (non-hydrogen) atoms. The number of methoxy groups -OCH3 is 1. The molecular formula is C15H15N5O. The van der Waals surface area contributed by atoms with E-state index in [2.05, 4.69) is 19.9 Å². The number of H-pyrrole nitrogens is 1. The Balaban J connectivity index is 2.10. The molecule has 0 saturated carbocycles. The summed E-state index contributed by atoms with van der Waals surface area (Å²) in [6, 6.07) is 6.01. The number of nitrogens with zero attached hydrogens (tertiary/aromatic N) is 3. The Bertz CT molecular complexity index is 822. The van der Waals surface area contributed by atoms with Gasteiger partial charge in [-0.05, 0) is 30.7 Å². The van der Waals surface area contributed by atoms with Gasteiger partial charge in [0.1, 0.15) is 5.69 Å². The molecule has 3 rings (SSSR count). The van der Waals surface area contributed by atoms with Crippen molar-refractivity contribution in [3.63, 3.8) is 0 Å². The summed E-state index contributed by atoms with van der Waals surface area (Å²) in [5.74, 6) is 0.939. The second-order valence-electron chi connectivity index (χ2n) is 4.67. The normalized spacial score (nSPS) is 11.3. The summed E-state index contributed by atoms with van der Waals surface area (Å²) in [5, 5.41) is 0. The van der Waals surface area contributed by atoms with Gasteiger partial charge in [-0.15, -0.1) is 0 Å². The number of imidazole rings is 1. The maximum Gasteiger partial charge on any atom is 0.161 e. The zero-order chi connectivity index (χ0) is 14.8. The molecule has 3 aromatic rings. The lowest BCUT2D eigenvalue weighted by molar-refractivity contribution is 0.341. The summed E-state index contributed by atoms with van der Waals surface area (Å²) in [7, 11) is 1.57. The Hall–Kier alpha value is -2.89. The molecule has 0 aliphatic carbocycles. The molecule has 0 saturated heterocycles. The summed E-state index contributed by atoms with van der Waals surface area (Å²) in [6.07, 6.45) is 4.83. The molecule has 0 fully saturated rings. The number of nitrogen functional groups attached to an aromatic ring is 1. The molecule has 0 aliphatic rings. The minimum absolute atomic E-state index is 0.334. The molecule has 3 N–H and O–H groups in total. The number of aromatic amines is 1. The van der Waals surface area contributed by atoms with Crippen molar-refractivity contribution in [1.29, 1.82) is 0 Å². The molecular weight excluding hydrogens is 266 g/mol. The van der Waals surface area contributed by atoms with Crippen molar-refractivity contribution in [3.8, 4) is 11.5 Å². The third-order valence-corrected chi connectivity index (χ3v) is 3.06. The third kappa shape index (κ3) is 2.55. The fourth-order valence-electron chi connectivity index (χ4n) is 2.04. The van der Waals surface area contributed by atoms with Crippen LogP contribution in [0.25, 0.3) is 28.6 Å². The Morgan fingerprint density at radius 1 is 1.29 bits per heavy atom. The number of aryl methyl sites for hydroxylation is 1. The van der Waals surface area contributed by atoms with E-state index in [1.807, 2.05) is 25.1 Å². The standard InChI is InChI=1S/C15H15N5O/c1-9-3-4-11-12(7-9)20-15(19-11)13-14(16)17-8-10(18-13)5-6-21-2/h3-8H,1-2H3,(H2,16,17)(H,19,20)/b6-5+. The molecule has 1 aromatic carbocycles. The van der Waals surface area contributed by atoms with Gasteiger partial charge in [0, 0.05) is 0 Å². The quantitative estimate of drug-likeness (QED) is 0.720. The first kappa shape index (κ1) is 13.1. The van der Waals surface area contributed by atoms with Crippen LogP contribution >= 0.6 is 0 Å². The van der Waals surface area contributed by atoms with E-state index in [9.17, 15) is 0 Å². The van der Waals surface area contributed by atoms with Crippen molar-refractivity contribution in [3.05, 3.63) is 41.9 Å². The average Bonchev–Trinajstić information content (AvgIpc) is 2.89. The van der Waals surface area contributed by atoms with Crippen LogP contribution in [0.5, 0.6) is 0 Å². The molecule has 0 aliphatic heterocycles. The van der Waals surface area contributed by atoms with Crippen LogP contribution in [-0.4, -0.2) is 27.0 Å². The Morgan fingerprint density at radius 2 is 2.14 bits per heavy atom. The minimum Gasteiger partial charge on any atom is -0.504 e. The second kappa shape index (κ2) is 5.24. The molecule has 106 valence electrons. The number of fused-ring (bicyclic) bond motifs is 1. The van der Waals surface area contributed by atoms with Crippen LogP contribution in [0, 0.1) is 6.92 Å². The highest BCUT2D eigenvalue weighted by molar-refractivity contribution is 5.81. The van der Waals surface area contributed by atoms with Gasteiger partial charge >= 0.3 is 0 Å². The summed E-state index contributed by atoms with van der Waals surface area (Å²) in [4.78, 5) is 16.3. The van der Waals surface area contributed by atoms with Gasteiger partial charge in [-0.3, -0.25) is 0 Å². The minimum atomic E-state index is 0.334. The maximum atomic E-state index is 5.91. The third-order valence-electron chi connectivity index (χ3n) is 3.06. The van der Waals surface area contributed by atoms with Gasteiger partial charge in [0.25, 0.3) is 0 Å². The highest BCUT2D eigenvalue weighted by Crippen LogP contribution is 2.23. The van der Waals surface area contributed by atoms with Crippen molar-refractivity contribution >= 4 is 22.9 Å². The van der Waals surface area contributed by atoms with E-state index in [4.69, 9.17) is 10.5 Å². The summed E-state index contributed by atoms with van der Waals surface area (Å²) in [5.41, 5.74) is 10.1. The predicted molar refractivity (Wildman–Crippen MR) is 82.3 cm³/mol. The summed E-state index contributed by atoms with van der Waals surface area (Å²) >= 11 is 0. The molecule has 0 unspecified atom stereocenters. The van der Waals surface area contributed by atoms with Crippen LogP contribution in [0.1, 0.15) is 11.3 Å². The van der Waals surface area contributed by atoms with E-state index in [0.29, 0.717) is 23.0 Å². The zero-order valence-corrected chi connectivity index (χ0v) is 11.8. The molecule has 0 bridgehead atoms. The van der Waals surface area contributed by atoms with Gasteiger partial charge in [0.05, 0.1) is 36.3 Å². The van der Waals surface area contributed by atoms with Gasteiger partial charge in [0.15, 0.2) is 11.6 Å². The number of benzene rings is 1. The van der Waals surface area contributed by atoms with E-state index >= 15 is 0 Å². The van der Waals surface area contributed by atoms with E-state index in [1.54, 1.807) is 19.4 Å². The molecule has 6 nitrogen and oxygen atoms in total. The van der Waals surface area contributed by atoms with Crippen LogP contribution in [0.4, 0.5) is 5.82 Å². The van der Waals surface area contributed by atoms with Crippen molar-refractivity contribution in [2.45, 2.75) is 6.92 Å². The lowest BCUT2D eigenvalue weighted by atomic mass is 10.2. The van der Waals surface area contributed by atoms with Gasteiger partial charge < -0.3 is 15.5 Å². The molecule has 6 heteroatoms. The number of rotatable bonds is 3. The van der Waals surface area contributed by atoms with E-state index in [-0.39, 0.29) is 0 Å². The monoisotopic (exact) mass is 281 g/mol. The fourth-order valence-corrected chi connectivity index (χ4v) is 2.04. The summed E-state index contributed by atoms with van der Waals surface area (Å²) < 4.78 is 4.88. The van der Waals surface area contributed by atoms with Crippen LogP contribution in [0.2, 0.25) is 0 Å². The number of aromatic nitrogens is 4. The molecule has 2 heterocycles. The van der Waals surface area contributed by atoms with E-state index < -0.39 is 0 Å². The average molecular weight is 281 g/mol. The van der Waals surface area contributed by atoms with Gasteiger partial charge in [0.2, 0.25) is 0 Å². The number of ether oxygens (including phenoxy) is 1. The first-order valence-electron chi connectivity index (χ1n) is 6.46. The number of nitrogens with one attached hydrogen (secondary N) is 1. The number of hydrogen-bond donors (Lipinski definition) is 2. The predicted octanol–water partition coefficient (Wildman–Crippen LogP) is 2.53. The van der Waals surface area contributed by atoms with Crippen molar-refractivity contribution < 1.29 is 4.74 Å². The Morgan fingerprint density at radius 3 is 2.95 bits per heavy atom. The zero-order valence-electron chi connectivity index (χ0n) is 11.8. The van der Waals surface area contributed by atoms with Crippen LogP contribution < -0.4 is 5.73 Å². The molecule has 0 amide bonds. The highest BCUT2D eigenvalue weighted by atomic mass is 16.5. The molecule has 2 aromatic heterocycles. The van der Waals surface area contributed by atoms with E-state index in [0.717, 1.165) is 16.6 Å². The SMILES string of the molecule is CO/C=C/c1cnc(N)c(-c2nc3ccc(C)cc3[nH]2)n1. The smallest absolute Gasteiger partial charge is 0.161 e. The van der Waals surface area contributed by atoms with Crippen molar-refractivity contribution in [1.82, 2.24) is 19.9 Å². The highest BCUT2D eigenvalue weighted by Gasteiger charge is 2.11. The Kier molecular flexibility index (Phi) is 3.27. The lowest BCUT2D eigenvalue weighted by Gasteiger charge is -2.01. The van der Waals surface area contributed by atoms with E-state index in [1.165, 1.54) is 6.26 Å². The maximum absolute atomic E-state index is 5.91. The van der Waals surface area contributed by atoms with Gasteiger partial charge in [-0.2, -0.15) is 0 Å². The topological polar surface area (TPSA) is 89.7 Å². The first-order valence-corrected chi connectivity index (χ1v) is 6.46.